The van der Waals surface area contributed by atoms with Crippen molar-refractivity contribution in [2.24, 2.45) is 0 Å². The number of hydrogen-bond acceptors (Lipinski definition) is 4. The zero-order chi connectivity index (χ0) is 20.6. The van der Waals surface area contributed by atoms with Crippen LogP contribution < -0.4 is 0 Å². The number of nitrogens with zero attached hydrogens (tertiary/aromatic N) is 4. The lowest BCUT2D eigenvalue weighted by molar-refractivity contribution is 0.991. The Morgan fingerprint density at radius 2 is 1.14 bits per heavy atom. The molecule has 4 aromatic rings. The van der Waals surface area contributed by atoms with Crippen LogP contribution in [0.5, 0.6) is 0 Å². The summed E-state index contributed by atoms with van der Waals surface area (Å²) in [5, 5.41) is 17.1. The van der Waals surface area contributed by atoms with E-state index in [1.807, 2.05) is 79.7 Å². The van der Waals surface area contributed by atoms with Crippen molar-refractivity contribution in [1.29, 1.82) is 0 Å². The summed E-state index contributed by atoms with van der Waals surface area (Å²) >= 11 is 10.1. The monoisotopic (exact) mass is 574 g/mol. The molecule has 0 saturated carbocycles. The van der Waals surface area contributed by atoms with Crippen molar-refractivity contribution in [3.05, 3.63) is 93.1 Å². The maximum absolute atomic E-state index is 4.14. The Morgan fingerprint density at radius 1 is 0.655 bits per heavy atom. The SMILES string of the molecule is BrCc1cc(-c2ccccc2)nnc1Br.Cc1cc(-c2ccccc2)nnc1Br. The molecule has 2 aromatic carbocycles. The van der Waals surface area contributed by atoms with Gasteiger partial charge in [0.25, 0.3) is 0 Å². The first-order valence-corrected chi connectivity index (χ1v) is 11.5. The number of hydrogen-bond donors (Lipinski definition) is 0. The predicted octanol–water partition coefficient (Wildman–Crippen LogP) is 7.02. The van der Waals surface area contributed by atoms with E-state index in [0.717, 1.165) is 48.2 Å². The molecule has 0 saturated heterocycles. The van der Waals surface area contributed by atoms with E-state index in [0.29, 0.717) is 0 Å². The van der Waals surface area contributed by atoms with Crippen LogP contribution in [0.15, 0.2) is 82.0 Å². The van der Waals surface area contributed by atoms with Crippen LogP contribution in [0.4, 0.5) is 0 Å². The summed E-state index contributed by atoms with van der Waals surface area (Å²) in [5.41, 5.74) is 6.18. The van der Waals surface area contributed by atoms with Gasteiger partial charge in [-0.15, -0.1) is 20.4 Å². The van der Waals surface area contributed by atoms with E-state index in [1.165, 1.54) is 0 Å². The zero-order valence-electron chi connectivity index (χ0n) is 15.6. The normalized spacial score (nSPS) is 10.2. The first kappa shape index (κ1) is 21.7. The molecule has 7 heteroatoms. The van der Waals surface area contributed by atoms with E-state index < -0.39 is 0 Å². The van der Waals surface area contributed by atoms with Gasteiger partial charge in [0, 0.05) is 16.5 Å². The molecule has 0 aliphatic carbocycles. The Morgan fingerprint density at radius 3 is 1.62 bits per heavy atom. The van der Waals surface area contributed by atoms with Crippen molar-refractivity contribution >= 4 is 47.8 Å². The average Bonchev–Trinajstić information content (AvgIpc) is 2.78. The molecule has 4 nitrogen and oxygen atoms in total. The molecule has 0 N–H and O–H groups in total. The van der Waals surface area contributed by atoms with Crippen LogP contribution in [-0.4, -0.2) is 20.4 Å². The molecule has 0 aliphatic rings. The predicted molar refractivity (Wildman–Crippen MR) is 128 cm³/mol. The first-order chi connectivity index (χ1) is 14.1. The number of alkyl halides is 1. The second-order valence-corrected chi connectivity index (χ2v) is 8.18. The molecule has 0 bridgehead atoms. The van der Waals surface area contributed by atoms with Crippen LogP contribution in [0.1, 0.15) is 11.1 Å². The van der Waals surface area contributed by atoms with Gasteiger partial charge in [0.15, 0.2) is 0 Å². The van der Waals surface area contributed by atoms with Gasteiger partial charge in [-0.2, -0.15) is 0 Å². The Hall–Kier alpha value is -1.96. The van der Waals surface area contributed by atoms with Crippen molar-refractivity contribution in [1.82, 2.24) is 20.4 Å². The van der Waals surface area contributed by atoms with E-state index >= 15 is 0 Å². The summed E-state index contributed by atoms with van der Waals surface area (Å²) in [6.07, 6.45) is 0. The molecular formula is C22H17Br3N4. The summed E-state index contributed by atoms with van der Waals surface area (Å²) < 4.78 is 1.59. The van der Waals surface area contributed by atoms with Crippen LogP contribution >= 0.6 is 47.8 Å². The van der Waals surface area contributed by atoms with Gasteiger partial charge in [0.05, 0.1) is 11.4 Å². The quantitative estimate of drug-likeness (QED) is 0.246. The number of aryl methyl sites for hydroxylation is 1. The molecule has 0 unspecified atom stereocenters. The van der Waals surface area contributed by atoms with Gasteiger partial charge < -0.3 is 0 Å². The first-order valence-electron chi connectivity index (χ1n) is 8.77. The van der Waals surface area contributed by atoms with Crippen molar-refractivity contribution in [2.75, 3.05) is 0 Å². The third-order valence-electron chi connectivity index (χ3n) is 4.03. The number of benzene rings is 2. The van der Waals surface area contributed by atoms with Crippen molar-refractivity contribution in [3.8, 4) is 22.5 Å². The molecule has 2 aromatic heterocycles. The Kier molecular flexibility index (Phi) is 8.03. The fraction of sp³-hybridized carbons (Fsp3) is 0.0909. The van der Waals surface area contributed by atoms with E-state index in [4.69, 9.17) is 0 Å². The molecule has 0 aliphatic heterocycles. The summed E-state index contributed by atoms with van der Waals surface area (Å²) in [6, 6.07) is 24.1. The Bertz CT molecular complexity index is 1070. The highest BCUT2D eigenvalue weighted by molar-refractivity contribution is 9.11. The Labute approximate surface area is 195 Å². The maximum atomic E-state index is 4.14. The molecule has 0 spiro atoms. The van der Waals surface area contributed by atoms with Crippen LogP contribution in [-0.2, 0) is 5.33 Å². The molecule has 0 fully saturated rings. The molecule has 2 heterocycles. The molecule has 0 amide bonds. The molecule has 4 rings (SSSR count). The molecule has 0 radical (unpaired) electrons. The third kappa shape index (κ3) is 6.01. The van der Waals surface area contributed by atoms with Gasteiger partial charge in [-0.25, -0.2) is 0 Å². The second-order valence-electron chi connectivity index (χ2n) is 6.11. The summed E-state index contributed by atoms with van der Waals surface area (Å²) in [7, 11) is 0. The topological polar surface area (TPSA) is 51.6 Å². The second kappa shape index (κ2) is 10.7. The van der Waals surface area contributed by atoms with Crippen molar-refractivity contribution in [3.63, 3.8) is 0 Å². The molecule has 29 heavy (non-hydrogen) atoms. The average molecular weight is 577 g/mol. The number of aromatic nitrogens is 4. The van der Waals surface area contributed by atoms with Crippen LogP contribution in [0, 0.1) is 6.92 Å². The fourth-order valence-corrected chi connectivity index (χ4v) is 3.81. The van der Waals surface area contributed by atoms with Gasteiger partial charge in [-0.05, 0) is 62.0 Å². The minimum atomic E-state index is 0.767. The highest BCUT2D eigenvalue weighted by atomic mass is 79.9. The van der Waals surface area contributed by atoms with E-state index in [-0.39, 0.29) is 0 Å². The van der Waals surface area contributed by atoms with Gasteiger partial charge in [0.1, 0.15) is 9.21 Å². The fourth-order valence-electron chi connectivity index (χ4n) is 2.48. The summed E-state index contributed by atoms with van der Waals surface area (Å²) in [6.45, 7) is 2.01. The largest absolute Gasteiger partial charge is 0.149 e. The lowest BCUT2D eigenvalue weighted by Gasteiger charge is -2.03. The van der Waals surface area contributed by atoms with E-state index in [1.54, 1.807) is 0 Å². The van der Waals surface area contributed by atoms with Crippen LogP contribution in [0.3, 0.4) is 0 Å². The van der Waals surface area contributed by atoms with Gasteiger partial charge >= 0.3 is 0 Å². The molecular weight excluding hydrogens is 560 g/mol. The minimum absolute atomic E-state index is 0.767. The van der Waals surface area contributed by atoms with Crippen LogP contribution in [0.2, 0.25) is 0 Å². The minimum Gasteiger partial charge on any atom is -0.149 e. The summed E-state index contributed by atoms with van der Waals surface area (Å²) in [5.74, 6) is 0. The number of rotatable bonds is 3. The lowest BCUT2D eigenvalue weighted by atomic mass is 10.1. The number of halogens is 3. The smallest absolute Gasteiger partial charge is 0.132 e. The van der Waals surface area contributed by atoms with Crippen molar-refractivity contribution in [2.45, 2.75) is 12.3 Å². The standard InChI is InChI=1S/C11H8Br2N2.C11H9BrN2/c12-7-9-6-10(14-15-11(9)13)8-4-2-1-3-5-8;1-8-7-10(13-14-11(8)12)9-5-3-2-4-6-9/h1-6H,7H2;2-7H,1H3. The van der Waals surface area contributed by atoms with Gasteiger partial charge in [-0.3, -0.25) is 0 Å². The molecule has 146 valence electrons. The van der Waals surface area contributed by atoms with Gasteiger partial charge in [-0.1, -0.05) is 76.6 Å². The van der Waals surface area contributed by atoms with Crippen molar-refractivity contribution < 1.29 is 0 Å². The molecule has 0 atom stereocenters. The highest BCUT2D eigenvalue weighted by Crippen LogP contribution is 2.22. The van der Waals surface area contributed by atoms with Crippen LogP contribution in [0.25, 0.3) is 22.5 Å². The lowest BCUT2D eigenvalue weighted by Crippen LogP contribution is -1.92. The maximum Gasteiger partial charge on any atom is 0.132 e. The Balaban J connectivity index is 0.000000166. The highest BCUT2D eigenvalue weighted by Gasteiger charge is 2.05. The van der Waals surface area contributed by atoms with E-state index in [2.05, 4.69) is 68.2 Å². The summed E-state index contributed by atoms with van der Waals surface area (Å²) in [4.78, 5) is 0. The third-order valence-corrected chi connectivity index (χ3v) is 6.08. The van der Waals surface area contributed by atoms with E-state index in [9.17, 15) is 0 Å². The zero-order valence-corrected chi connectivity index (χ0v) is 20.3. The van der Waals surface area contributed by atoms with Gasteiger partial charge in [0.2, 0.25) is 0 Å².